The average Bonchev–Trinajstić information content (AvgIpc) is 2.68. The lowest BCUT2D eigenvalue weighted by molar-refractivity contribution is 0.166. The minimum absolute atomic E-state index is 0.00967. The van der Waals surface area contributed by atoms with E-state index in [0.29, 0.717) is 23.4 Å². The Balaban J connectivity index is 1.39. The lowest BCUT2D eigenvalue weighted by Crippen LogP contribution is -2.36. The molecule has 0 bridgehead atoms. The molecule has 0 amide bonds. The van der Waals surface area contributed by atoms with Crippen LogP contribution in [0.2, 0.25) is 0 Å². The first-order chi connectivity index (χ1) is 13.5. The van der Waals surface area contributed by atoms with E-state index >= 15 is 0 Å². The van der Waals surface area contributed by atoms with Gasteiger partial charge in [-0.25, -0.2) is 9.37 Å². The molecule has 4 rings (SSSR count). The van der Waals surface area contributed by atoms with Crippen LogP contribution in [0.25, 0.3) is 10.9 Å². The van der Waals surface area contributed by atoms with E-state index in [2.05, 4.69) is 9.88 Å². The van der Waals surface area contributed by atoms with Crippen molar-refractivity contribution >= 4 is 10.9 Å². The molecule has 3 heterocycles. The lowest BCUT2D eigenvalue weighted by Gasteiger charge is -2.32. The second-order valence-corrected chi connectivity index (χ2v) is 7.57. The van der Waals surface area contributed by atoms with Crippen LogP contribution in [-0.2, 0) is 20.1 Å². The Bertz CT molecular complexity index is 1110. The third-order valence-corrected chi connectivity index (χ3v) is 5.52. The molecule has 0 spiro atoms. The summed E-state index contributed by atoms with van der Waals surface area (Å²) in [4.78, 5) is 31.0. The maximum absolute atomic E-state index is 13.3. The number of benzene rings is 1. The van der Waals surface area contributed by atoms with Gasteiger partial charge in [-0.05, 0) is 55.6 Å². The number of halogens is 1. The van der Waals surface area contributed by atoms with Crippen LogP contribution in [0.15, 0.2) is 52.4 Å². The lowest BCUT2D eigenvalue weighted by atomic mass is 9.96. The van der Waals surface area contributed by atoms with E-state index in [9.17, 15) is 14.0 Å². The number of fused-ring (bicyclic) bond motifs is 1. The number of likely N-dealkylation sites (tertiary alicyclic amines) is 1. The van der Waals surface area contributed by atoms with Crippen LogP contribution in [0, 0.1) is 11.7 Å². The van der Waals surface area contributed by atoms with Crippen molar-refractivity contribution < 1.29 is 4.39 Å². The summed E-state index contributed by atoms with van der Waals surface area (Å²) in [6, 6.07) is 7.76. The highest BCUT2D eigenvalue weighted by atomic mass is 19.1. The largest absolute Gasteiger partial charge is 0.319 e. The molecule has 0 unspecified atom stereocenters. The van der Waals surface area contributed by atoms with Crippen molar-refractivity contribution in [3.63, 3.8) is 0 Å². The smallest absolute Gasteiger partial charge is 0.261 e. The molecule has 3 aromatic rings. The fourth-order valence-electron chi connectivity index (χ4n) is 3.81. The van der Waals surface area contributed by atoms with Crippen molar-refractivity contribution in [1.29, 1.82) is 0 Å². The van der Waals surface area contributed by atoms with Crippen LogP contribution in [-0.4, -0.2) is 32.1 Å². The molecule has 0 aliphatic carbocycles. The Kier molecular flexibility index (Phi) is 5.09. The summed E-state index contributed by atoms with van der Waals surface area (Å²) in [5, 5.41) is 0.451. The molecule has 0 saturated carbocycles. The van der Waals surface area contributed by atoms with Crippen molar-refractivity contribution in [3.8, 4) is 0 Å². The van der Waals surface area contributed by atoms with Crippen molar-refractivity contribution in [1.82, 2.24) is 19.0 Å². The molecule has 7 heteroatoms. The van der Waals surface area contributed by atoms with Crippen molar-refractivity contribution in [2.24, 2.45) is 13.0 Å². The van der Waals surface area contributed by atoms with Crippen LogP contribution < -0.4 is 11.1 Å². The maximum Gasteiger partial charge on any atom is 0.261 e. The fourth-order valence-corrected chi connectivity index (χ4v) is 3.81. The van der Waals surface area contributed by atoms with Crippen LogP contribution in [0.1, 0.15) is 18.4 Å². The number of nitrogens with zero attached hydrogens (tertiary/aromatic N) is 4. The van der Waals surface area contributed by atoms with Crippen molar-refractivity contribution in [3.05, 3.63) is 74.9 Å². The third kappa shape index (κ3) is 3.89. The summed E-state index contributed by atoms with van der Waals surface area (Å²) in [6.07, 6.45) is 5.29. The number of aryl methyl sites for hydroxylation is 1. The number of hydrogen-bond donors (Lipinski definition) is 0. The first kappa shape index (κ1) is 18.6. The Labute approximate surface area is 161 Å². The zero-order valence-electron chi connectivity index (χ0n) is 15.8. The quantitative estimate of drug-likeness (QED) is 0.694. The van der Waals surface area contributed by atoms with Crippen molar-refractivity contribution in [2.75, 3.05) is 13.1 Å². The van der Waals surface area contributed by atoms with Gasteiger partial charge in [0.1, 0.15) is 5.82 Å². The van der Waals surface area contributed by atoms with Gasteiger partial charge in [-0.2, -0.15) is 0 Å². The van der Waals surface area contributed by atoms with Gasteiger partial charge in [0.2, 0.25) is 0 Å². The predicted octanol–water partition coefficient (Wildman–Crippen LogP) is 2.15. The molecule has 0 N–H and O–H groups in total. The standard InChI is InChI=1S/C21H23FN4O2/c1-24-7-4-16(10-20(24)27)12-25-8-5-15(6-9-25)13-26-14-23-19-11-17(22)2-3-18(19)21(26)28/h2-4,7,10-11,14-15H,5-6,8-9,12-13H2,1H3. The van der Waals surface area contributed by atoms with E-state index in [4.69, 9.17) is 0 Å². The number of rotatable bonds is 4. The summed E-state index contributed by atoms with van der Waals surface area (Å²) in [6.45, 7) is 3.26. The maximum atomic E-state index is 13.3. The zero-order chi connectivity index (χ0) is 19.7. The highest BCUT2D eigenvalue weighted by Crippen LogP contribution is 2.20. The Morgan fingerprint density at radius 3 is 2.68 bits per heavy atom. The highest BCUT2D eigenvalue weighted by molar-refractivity contribution is 5.77. The Hall–Kier alpha value is -2.80. The second-order valence-electron chi connectivity index (χ2n) is 7.57. The molecule has 6 nitrogen and oxygen atoms in total. The average molecular weight is 382 g/mol. The molecule has 1 aliphatic heterocycles. The SMILES string of the molecule is Cn1ccc(CN2CCC(Cn3cnc4cc(F)ccc4c3=O)CC2)cc1=O. The molecule has 2 aromatic heterocycles. The van der Waals surface area contributed by atoms with E-state index in [1.54, 1.807) is 28.4 Å². The van der Waals surface area contributed by atoms with E-state index in [-0.39, 0.29) is 16.9 Å². The van der Waals surface area contributed by atoms with E-state index in [1.165, 1.54) is 24.5 Å². The van der Waals surface area contributed by atoms with Gasteiger partial charge >= 0.3 is 0 Å². The molecule has 1 aliphatic rings. The summed E-state index contributed by atoms with van der Waals surface area (Å²) in [7, 11) is 1.75. The van der Waals surface area contributed by atoms with Gasteiger partial charge < -0.3 is 4.57 Å². The number of pyridine rings is 1. The van der Waals surface area contributed by atoms with Crippen LogP contribution >= 0.6 is 0 Å². The van der Waals surface area contributed by atoms with Crippen LogP contribution in [0.3, 0.4) is 0 Å². The van der Waals surface area contributed by atoms with Crippen LogP contribution in [0.5, 0.6) is 0 Å². The predicted molar refractivity (Wildman–Crippen MR) is 106 cm³/mol. The summed E-state index contributed by atoms with van der Waals surface area (Å²) >= 11 is 0. The molecule has 1 fully saturated rings. The molecule has 146 valence electrons. The first-order valence-corrected chi connectivity index (χ1v) is 9.52. The topological polar surface area (TPSA) is 60.1 Å². The van der Waals surface area contributed by atoms with E-state index < -0.39 is 0 Å². The Morgan fingerprint density at radius 1 is 1.14 bits per heavy atom. The molecular weight excluding hydrogens is 359 g/mol. The highest BCUT2D eigenvalue weighted by Gasteiger charge is 2.20. The molecule has 1 saturated heterocycles. The number of piperidine rings is 1. The van der Waals surface area contributed by atoms with Crippen molar-refractivity contribution in [2.45, 2.75) is 25.9 Å². The molecule has 0 radical (unpaired) electrons. The Morgan fingerprint density at radius 2 is 1.93 bits per heavy atom. The minimum atomic E-state index is -0.388. The van der Waals surface area contributed by atoms with E-state index in [0.717, 1.165) is 38.0 Å². The summed E-state index contributed by atoms with van der Waals surface area (Å²) in [5.41, 5.74) is 1.32. The van der Waals surface area contributed by atoms with Gasteiger partial charge in [0.05, 0.1) is 17.2 Å². The van der Waals surface area contributed by atoms with E-state index in [1.807, 2.05) is 6.07 Å². The summed E-state index contributed by atoms with van der Waals surface area (Å²) in [5.74, 6) is 0.0121. The number of aromatic nitrogens is 3. The van der Waals surface area contributed by atoms with Gasteiger partial charge in [-0.15, -0.1) is 0 Å². The third-order valence-electron chi connectivity index (χ3n) is 5.52. The van der Waals surface area contributed by atoms with Gasteiger partial charge in [0, 0.05) is 38.5 Å². The molecular formula is C21H23FN4O2. The first-order valence-electron chi connectivity index (χ1n) is 9.52. The van der Waals surface area contributed by atoms with Gasteiger partial charge in [-0.3, -0.25) is 19.1 Å². The second kappa shape index (κ2) is 7.67. The molecule has 28 heavy (non-hydrogen) atoms. The fraction of sp³-hybridized carbons (Fsp3) is 0.381. The van der Waals surface area contributed by atoms with Gasteiger partial charge in [0.15, 0.2) is 0 Å². The molecule has 1 aromatic carbocycles. The minimum Gasteiger partial charge on any atom is -0.319 e. The zero-order valence-corrected chi connectivity index (χ0v) is 15.8. The number of hydrogen-bond acceptors (Lipinski definition) is 4. The van der Waals surface area contributed by atoms with Gasteiger partial charge in [0.25, 0.3) is 11.1 Å². The van der Waals surface area contributed by atoms with Gasteiger partial charge in [-0.1, -0.05) is 0 Å². The normalized spacial score (nSPS) is 15.9. The monoisotopic (exact) mass is 382 g/mol. The summed E-state index contributed by atoms with van der Waals surface area (Å²) < 4.78 is 16.5. The molecule has 0 atom stereocenters. The van der Waals surface area contributed by atoms with Crippen LogP contribution in [0.4, 0.5) is 4.39 Å².